The lowest BCUT2D eigenvalue weighted by Crippen LogP contribution is -2.20. The number of anilines is 1. The molecule has 2 heterocycles. The molecule has 6 nitrogen and oxygen atoms in total. The molecule has 1 aliphatic carbocycles. The molecule has 1 N–H and O–H groups in total. The number of hydrogen-bond acceptors (Lipinski definition) is 5. The molecule has 4 rings (SSSR count). The Morgan fingerprint density at radius 2 is 1.85 bits per heavy atom. The predicted molar refractivity (Wildman–Crippen MR) is 99.2 cm³/mol. The van der Waals surface area contributed by atoms with Gasteiger partial charge in [0.25, 0.3) is 5.91 Å². The van der Waals surface area contributed by atoms with Crippen molar-refractivity contribution in [1.29, 1.82) is 0 Å². The summed E-state index contributed by atoms with van der Waals surface area (Å²) in [6.07, 6.45) is 10.9. The molecule has 1 aliphatic rings. The van der Waals surface area contributed by atoms with Gasteiger partial charge in [0.05, 0.1) is 11.1 Å². The molecule has 6 heteroatoms. The number of pyridine rings is 1. The van der Waals surface area contributed by atoms with E-state index >= 15 is 0 Å². The van der Waals surface area contributed by atoms with Crippen molar-refractivity contribution in [3.05, 3.63) is 54.5 Å². The Morgan fingerprint density at radius 3 is 2.73 bits per heavy atom. The van der Waals surface area contributed by atoms with E-state index in [-0.39, 0.29) is 12.0 Å². The fraction of sp³-hybridized carbons (Fsp3) is 0.300. The summed E-state index contributed by atoms with van der Waals surface area (Å²) in [4.78, 5) is 25.5. The first kappa shape index (κ1) is 16.4. The van der Waals surface area contributed by atoms with E-state index in [1.165, 1.54) is 19.3 Å². The van der Waals surface area contributed by atoms with E-state index in [9.17, 15) is 4.79 Å². The molecule has 0 aliphatic heterocycles. The van der Waals surface area contributed by atoms with Gasteiger partial charge in [-0.2, -0.15) is 0 Å². The Hall–Kier alpha value is -3.02. The number of rotatable bonds is 4. The molecule has 0 atom stereocenters. The molecule has 1 saturated carbocycles. The number of benzene rings is 1. The zero-order valence-corrected chi connectivity index (χ0v) is 14.4. The Morgan fingerprint density at radius 1 is 1.00 bits per heavy atom. The third-order valence-corrected chi connectivity index (χ3v) is 4.58. The van der Waals surface area contributed by atoms with Gasteiger partial charge in [0.1, 0.15) is 11.6 Å². The molecule has 1 amide bonds. The monoisotopic (exact) mass is 348 g/mol. The molecule has 0 bridgehead atoms. The van der Waals surface area contributed by atoms with Crippen LogP contribution in [-0.4, -0.2) is 27.0 Å². The van der Waals surface area contributed by atoms with Gasteiger partial charge in [0, 0.05) is 30.3 Å². The van der Waals surface area contributed by atoms with Crippen LogP contribution in [0.3, 0.4) is 0 Å². The van der Waals surface area contributed by atoms with Crippen LogP contribution in [0.15, 0.2) is 48.9 Å². The van der Waals surface area contributed by atoms with Crippen molar-refractivity contribution in [3.8, 4) is 5.88 Å². The first-order valence-corrected chi connectivity index (χ1v) is 8.93. The van der Waals surface area contributed by atoms with E-state index in [0.29, 0.717) is 28.2 Å². The molecule has 1 fully saturated rings. The second kappa shape index (κ2) is 7.47. The van der Waals surface area contributed by atoms with Gasteiger partial charge in [-0.05, 0) is 43.9 Å². The SMILES string of the molecule is O=C(Nc1ccnc(OC2CCCCC2)c1)c1cccc2nccnc12. The number of ether oxygens (including phenoxy) is 1. The van der Waals surface area contributed by atoms with Gasteiger partial charge < -0.3 is 10.1 Å². The highest BCUT2D eigenvalue weighted by Gasteiger charge is 2.16. The number of amides is 1. The van der Waals surface area contributed by atoms with Crippen molar-refractivity contribution in [2.24, 2.45) is 0 Å². The molecular weight excluding hydrogens is 328 g/mol. The molecule has 26 heavy (non-hydrogen) atoms. The largest absolute Gasteiger partial charge is 0.474 e. The third kappa shape index (κ3) is 3.64. The fourth-order valence-corrected chi connectivity index (χ4v) is 3.28. The lowest BCUT2D eigenvalue weighted by molar-refractivity contribution is 0.102. The van der Waals surface area contributed by atoms with Crippen LogP contribution in [0, 0.1) is 0 Å². The topological polar surface area (TPSA) is 77.0 Å². The number of hydrogen-bond donors (Lipinski definition) is 1. The predicted octanol–water partition coefficient (Wildman–Crippen LogP) is 3.99. The van der Waals surface area contributed by atoms with Gasteiger partial charge >= 0.3 is 0 Å². The molecule has 2 aromatic heterocycles. The maximum absolute atomic E-state index is 12.7. The van der Waals surface area contributed by atoms with Gasteiger partial charge in [-0.3, -0.25) is 14.8 Å². The number of nitrogens with one attached hydrogen (secondary N) is 1. The van der Waals surface area contributed by atoms with Gasteiger partial charge in [-0.15, -0.1) is 0 Å². The van der Waals surface area contributed by atoms with E-state index < -0.39 is 0 Å². The summed E-state index contributed by atoms with van der Waals surface area (Å²) in [6, 6.07) is 8.90. The first-order chi connectivity index (χ1) is 12.8. The highest BCUT2D eigenvalue weighted by Crippen LogP contribution is 2.24. The summed E-state index contributed by atoms with van der Waals surface area (Å²) in [6.45, 7) is 0. The summed E-state index contributed by atoms with van der Waals surface area (Å²) in [7, 11) is 0. The highest BCUT2D eigenvalue weighted by atomic mass is 16.5. The van der Waals surface area contributed by atoms with Crippen LogP contribution in [0.1, 0.15) is 42.5 Å². The molecule has 0 radical (unpaired) electrons. The summed E-state index contributed by atoms with van der Waals surface area (Å²) in [5, 5.41) is 2.90. The molecule has 0 spiro atoms. The van der Waals surface area contributed by atoms with E-state index in [4.69, 9.17) is 4.74 Å². The Labute approximate surface area is 151 Å². The minimum atomic E-state index is -0.231. The maximum atomic E-state index is 12.7. The van der Waals surface area contributed by atoms with Crippen LogP contribution < -0.4 is 10.1 Å². The molecule has 132 valence electrons. The second-order valence-corrected chi connectivity index (χ2v) is 6.44. The zero-order valence-electron chi connectivity index (χ0n) is 14.4. The molecule has 0 unspecified atom stereocenters. The zero-order chi connectivity index (χ0) is 17.8. The number of carbonyl (C=O) groups is 1. The van der Waals surface area contributed by atoms with Crippen molar-refractivity contribution in [3.63, 3.8) is 0 Å². The van der Waals surface area contributed by atoms with Gasteiger partial charge in [0.2, 0.25) is 5.88 Å². The quantitative estimate of drug-likeness (QED) is 0.771. The molecule has 0 saturated heterocycles. The van der Waals surface area contributed by atoms with Crippen molar-refractivity contribution in [2.45, 2.75) is 38.2 Å². The van der Waals surface area contributed by atoms with Crippen LogP contribution in [0.2, 0.25) is 0 Å². The minimum Gasteiger partial charge on any atom is -0.474 e. The standard InChI is InChI=1S/C20H20N4O2/c25-20(16-7-4-8-17-19(16)23-12-11-21-17)24-14-9-10-22-18(13-14)26-15-5-2-1-3-6-15/h4,7-13,15H,1-3,5-6H2,(H,22,24,25). The van der Waals surface area contributed by atoms with Gasteiger partial charge in [0.15, 0.2) is 0 Å². The van der Waals surface area contributed by atoms with Gasteiger partial charge in [-0.25, -0.2) is 4.98 Å². The van der Waals surface area contributed by atoms with E-state index in [0.717, 1.165) is 12.8 Å². The van der Waals surface area contributed by atoms with E-state index in [1.807, 2.05) is 6.07 Å². The fourth-order valence-electron chi connectivity index (χ4n) is 3.28. The second-order valence-electron chi connectivity index (χ2n) is 6.44. The van der Waals surface area contributed by atoms with Crippen LogP contribution in [0.4, 0.5) is 5.69 Å². The number of carbonyl (C=O) groups excluding carboxylic acids is 1. The minimum absolute atomic E-state index is 0.218. The number of aromatic nitrogens is 3. The van der Waals surface area contributed by atoms with Crippen LogP contribution >= 0.6 is 0 Å². The summed E-state index contributed by atoms with van der Waals surface area (Å²) in [5.41, 5.74) is 2.41. The van der Waals surface area contributed by atoms with Gasteiger partial charge in [-0.1, -0.05) is 12.5 Å². The normalized spacial score (nSPS) is 14.9. The highest BCUT2D eigenvalue weighted by molar-refractivity contribution is 6.11. The van der Waals surface area contributed by atoms with E-state index in [1.54, 1.807) is 42.9 Å². The number of nitrogens with zero attached hydrogens (tertiary/aromatic N) is 3. The van der Waals surface area contributed by atoms with Crippen molar-refractivity contribution < 1.29 is 9.53 Å². The lowest BCUT2D eigenvalue weighted by atomic mass is 9.98. The Kier molecular flexibility index (Phi) is 4.73. The number of para-hydroxylation sites is 1. The van der Waals surface area contributed by atoms with Crippen molar-refractivity contribution >= 4 is 22.6 Å². The smallest absolute Gasteiger partial charge is 0.257 e. The summed E-state index contributed by atoms with van der Waals surface area (Å²) < 4.78 is 5.97. The number of fused-ring (bicyclic) bond motifs is 1. The van der Waals surface area contributed by atoms with Crippen LogP contribution in [-0.2, 0) is 0 Å². The van der Waals surface area contributed by atoms with Crippen LogP contribution in [0.25, 0.3) is 11.0 Å². The summed E-state index contributed by atoms with van der Waals surface area (Å²) in [5.74, 6) is 0.318. The lowest BCUT2D eigenvalue weighted by Gasteiger charge is -2.22. The van der Waals surface area contributed by atoms with E-state index in [2.05, 4.69) is 20.3 Å². The van der Waals surface area contributed by atoms with Crippen LogP contribution in [0.5, 0.6) is 5.88 Å². The first-order valence-electron chi connectivity index (χ1n) is 8.93. The Balaban J connectivity index is 1.51. The van der Waals surface area contributed by atoms with Crippen molar-refractivity contribution in [2.75, 3.05) is 5.32 Å². The summed E-state index contributed by atoms with van der Waals surface area (Å²) >= 11 is 0. The van der Waals surface area contributed by atoms with Crippen molar-refractivity contribution in [1.82, 2.24) is 15.0 Å². The molecule has 3 aromatic rings. The maximum Gasteiger partial charge on any atom is 0.257 e. The average molecular weight is 348 g/mol. The molecular formula is C20H20N4O2. The average Bonchev–Trinajstić information content (AvgIpc) is 2.68. The third-order valence-electron chi connectivity index (χ3n) is 4.58. The molecule has 1 aromatic carbocycles. The Bertz CT molecular complexity index is 917.